The Bertz CT molecular complexity index is 484. The molecule has 0 bridgehead atoms. The summed E-state index contributed by atoms with van der Waals surface area (Å²) in [6.45, 7) is 5.48. The number of nitrogens with one attached hydrogen (secondary N) is 1. The number of alkyl halides is 3. The van der Waals surface area contributed by atoms with Crippen molar-refractivity contribution in [2.45, 2.75) is 38.9 Å². The number of pyridine rings is 1. The number of rotatable bonds is 4. The zero-order valence-corrected chi connectivity index (χ0v) is 10.8. The van der Waals surface area contributed by atoms with Gasteiger partial charge >= 0.3 is 12.1 Å². The molecule has 0 unspecified atom stereocenters. The summed E-state index contributed by atoms with van der Waals surface area (Å²) >= 11 is 0. The van der Waals surface area contributed by atoms with E-state index in [1.54, 1.807) is 13.8 Å². The summed E-state index contributed by atoms with van der Waals surface area (Å²) in [5, 5.41) is 11.8. The van der Waals surface area contributed by atoms with Crippen molar-refractivity contribution in [3.63, 3.8) is 0 Å². The number of halogens is 3. The Hall–Kier alpha value is -1.79. The Morgan fingerprint density at radius 2 is 2.00 bits per heavy atom. The van der Waals surface area contributed by atoms with Crippen LogP contribution in [0.5, 0.6) is 0 Å². The SMILES string of the molecule is CCC(C)(C)Nc1ncc(C(F)(F)F)cc1C(=O)O. The molecule has 19 heavy (non-hydrogen) atoms. The van der Waals surface area contributed by atoms with E-state index in [9.17, 15) is 18.0 Å². The second-order valence-electron chi connectivity index (χ2n) is 4.79. The Balaban J connectivity index is 3.24. The van der Waals surface area contributed by atoms with Crippen molar-refractivity contribution in [3.8, 4) is 0 Å². The molecule has 1 rings (SSSR count). The Morgan fingerprint density at radius 3 is 2.42 bits per heavy atom. The zero-order chi connectivity index (χ0) is 14.8. The fourth-order valence-electron chi connectivity index (χ4n) is 1.29. The number of hydrogen-bond donors (Lipinski definition) is 2. The number of nitrogens with zero attached hydrogens (tertiary/aromatic N) is 1. The van der Waals surface area contributed by atoms with Crippen LogP contribution in [-0.2, 0) is 6.18 Å². The molecule has 0 spiro atoms. The van der Waals surface area contributed by atoms with E-state index in [-0.39, 0.29) is 5.82 Å². The van der Waals surface area contributed by atoms with Gasteiger partial charge in [-0.1, -0.05) is 6.92 Å². The lowest BCUT2D eigenvalue weighted by Crippen LogP contribution is -2.31. The van der Waals surface area contributed by atoms with E-state index >= 15 is 0 Å². The summed E-state index contributed by atoms with van der Waals surface area (Å²) in [7, 11) is 0. The molecule has 0 radical (unpaired) electrons. The summed E-state index contributed by atoms with van der Waals surface area (Å²) in [4.78, 5) is 14.6. The monoisotopic (exact) mass is 276 g/mol. The molecule has 0 fully saturated rings. The van der Waals surface area contributed by atoms with Gasteiger partial charge in [0, 0.05) is 11.7 Å². The van der Waals surface area contributed by atoms with Gasteiger partial charge in [-0.2, -0.15) is 13.2 Å². The van der Waals surface area contributed by atoms with Crippen LogP contribution < -0.4 is 5.32 Å². The Kier molecular flexibility index (Phi) is 4.07. The predicted octanol–water partition coefficient (Wildman–Crippen LogP) is 3.40. The van der Waals surface area contributed by atoms with Gasteiger partial charge in [-0.25, -0.2) is 9.78 Å². The predicted molar refractivity (Wildman–Crippen MR) is 64.2 cm³/mol. The minimum absolute atomic E-state index is 0.0626. The molecular weight excluding hydrogens is 261 g/mol. The number of anilines is 1. The van der Waals surface area contributed by atoms with Gasteiger partial charge in [0.25, 0.3) is 0 Å². The maximum absolute atomic E-state index is 12.5. The largest absolute Gasteiger partial charge is 0.478 e. The fourth-order valence-corrected chi connectivity index (χ4v) is 1.29. The van der Waals surface area contributed by atoms with Crippen LogP contribution in [0, 0.1) is 0 Å². The first-order valence-corrected chi connectivity index (χ1v) is 5.65. The normalized spacial score (nSPS) is 12.3. The molecule has 0 saturated heterocycles. The molecule has 1 aromatic heterocycles. The number of carboxylic acid groups (broad SMARTS) is 1. The number of aromatic carboxylic acids is 1. The van der Waals surface area contributed by atoms with E-state index < -0.39 is 28.8 Å². The van der Waals surface area contributed by atoms with E-state index in [2.05, 4.69) is 10.3 Å². The van der Waals surface area contributed by atoms with Gasteiger partial charge < -0.3 is 10.4 Å². The van der Waals surface area contributed by atoms with E-state index in [0.717, 1.165) is 0 Å². The molecule has 0 aromatic carbocycles. The number of aromatic nitrogens is 1. The van der Waals surface area contributed by atoms with Gasteiger partial charge in [-0.05, 0) is 26.3 Å². The van der Waals surface area contributed by atoms with Crippen LogP contribution in [0.4, 0.5) is 19.0 Å². The number of carbonyl (C=O) groups is 1. The topological polar surface area (TPSA) is 62.2 Å². The van der Waals surface area contributed by atoms with Crippen LogP contribution >= 0.6 is 0 Å². The third kappa shape index (κ3) is 3.84. The van der Waals surface area contributed by atoms with Crippen molar-refractivity contribution in [1.29, 1.82) is 0 Å². The zero-order valence-electron chi connectivity index (χ0n) is 10.8. The van der Waals surface area contributed by atoms with E-state index in [1.165, 1.54) is 0 Å². The van der Waals surface area contributed by atoms with Crippen LogP contribution in [0.15, 0.2) is 12.3 Å². The van der Waals surface area contributed by atoms with Gasteiger partial charge in [-0.15, -0.1) is 0 Å². The quantitative estimate of drug-likeness (QED) is 0.884. The second-order valence-corrected chi connectivity index (χ2v) is 4.79. The molecule has 0 amide bonds. The Labute approximate surface area is 108 Å². The molecule has 7 heteroatoms. The van der Waals surface area contributed by atoms with E-state index in [1.807, 2.05) is 6.92 Å². The maximum Gasteiger partial charge on any atom is 0.417 e. The lowest BCUT2D eigenvalue weighted by molar-refractivity contribution is -0.137. The second kappa shape index (κ2) is 5.07. The van der Waals surface area contributed by atoms with Gasteiger partial charge in [-0.3, -0.25) is 0 Å². The first-order chi connectivity index (χ1) is 8.57. The molecule has 1 aromatic rings. The van der Waals surface area contributed by atoms with Crippen molar-refractivity contribution in [2.24, 2.45) is 0 Å². The smallest absolute Gasteiger partial charge is 0.417 e. The third-order valence-corrected chi connectivity index (χ3v) is 2.79. The molecule has 0 aliphatic carbocycles. The summed E-state index contributed by atoms with van der Waals surface area (Å²) in [5.41, 5.74) is -2.03. The fraction of sp³-hybridized carbons (Fsp3) is 0.500. The van der Waals surface area contributed by atoms with Crippen LogP contribution in [0.1, 0.15) is 43.1 Å². The van der Waals surface area contributed by atoms with Crippen molar-refractivity contribution < 1.29 is 23.1 Å². The molecule has 106 valence electrons. The minimum atomic E-state index is -4.62. The van der Waals surface area contributed by atoms with Gasteiger partial charge in [0.05, 0.1) is 5.56 Å². The van der Waals surface area contributed by atoms with Crippen LogP contribution in [0.3, 0.4) is 0 Å². The highest BCUT2D eigenvalue weighted by Gasteiger charge is 2.33. The van der Waals surface area contributed by atoms with E-state index in [4.69, 9.17) is 5.11 Å². The van der Waals surface area contributed by atoms with E-state index in [0.29, 0.717) is 18.7 Å². The molecule has 0 atom stereocenters. The van der Waals surface area contributed by atoms with Crippen molar-refractivity contribution in [1.82, 2.24) is 4.98 Å². The summed E-state index contributed by atoms with van der Waals surface area (Å²) in [6, 6.07) is 0.587. The molecule has 0 aliphatic rings. The number of hydrogen-bond acceptors (Lipinski definition) is 3. The molecular formula is C12H15F3N2O2. The summed E-state index contributed by atoms with van der Waals surface area (Å²) < 4.78 is 37.5. The van der Waals surface area contributed by atoms with Crippen LogP contribution in [-0.4, -0.2) is 21.6 Å². The number of carboxylic acids is 1. The minimum Gasteiger partial charge on any atom is -0.478 e. The molecule has 2 N–H and O–H groups in total. The van der Waals surface area contributed by atoms with Crippen molar-refractivity contribution in [3.05, 3.63) is 23.4 Å². The van der Waals surface area contributed by atoms with Crippen LogP contribution in [0.2, 0.25) is 0 Å². The molecule has 1 heterocycles. The molecule has 0 saturated carbocycles. The Morgan fingerprint density at radius 1 is 1.42 bits per heavy atom. The van der Waals surface area contributed by atoms with Crippen LogP contribution in [0.25, 0.3) is 0 Å². The van der Waals surface area contributed by atoms with Gasteiger partial charge in [0.15, 0.2) is 0 Å². The highest BCUT2D eigenvalue weighted by atomic mass is 19.4. The highest BCUT2D eigenvalue weighted by molar-refractivity contribution is 5.93. The highest BCUT2D eigenvalue weighted by Crippen LogP contribution is 2.31. The third-order valence-electron chi connectivity index (χ3n) is 2.79. The van der Waals surface area contributed by atoms with Crippen molar-refractivity contribution in [2.75, 3.05) is 5.32 Å². The first-order valence-electron chi connectivity index (χ1n) is 5.65. The maximum atomic E-state index is 12.5. The van der Waals surface area contributed by atoms with Gasteiger partial charge in [0.2, 0.25) is 0 Å². The molecule has 4 nitrogen and oxygen atoms in total. The van der Waals surface area contributed by atoms with Crippen molar-refractivity contribution >= 4 is 11.8 Å². The summed E-state index contributed by atoms with van der Waals surface area (Å²) in [6.07, 6.45) is -3.33. The lowest BCUT2D eigenvalue weighted by atomic mass is 10.0. The summed E-state index contributed by atoms with van der Waals surface area (Å²) in [5.74, 6) is -1.51. The first kappa shape index (κ1) is 15.3. The average Bonchev–Trinajstić information content (AvgIpc) is 2.27. The standard InChI is InChI=1S/C12H15F3N2O2/c1-4-11(2,3)17-9-8(10(18)19)5-7(6-16-9)12(13,14)15/h5-6H,4H2,1-3H3,(H,16,17)(H,18,19). The van der Waals surface area contributed by atoms with Gasteiger partial charge in [0.1, 0.15) is 11.4 Å². The average molecular weight is 276 g/mol. The lowest BCUT2D eigenvalue weighted by Gasteiger charge is -2.26. The molecule has 0 aliphatic heterocycles.